The molecule has 2 aliphatic rings. The molecule has 0 amide bonds. The van der Waals surface area contributed by atoms with Crippen molar-refractivity contribution in [2.75, 3.05) is 0 Å². The fraction of sp³-hybridized carbons (Fsp3) is 0.569. The van der Waals surface area contributed by atoms with Gasteiger partial charge in [-0.15, -0.1) is 0 Å². The van der Waals surface area contributed by atoms with Gasteiger partial charge >= 0.3 is 0 Å². The highest BCUT2D eigenvalue weighted by atomic mass is 28.4. The van der Waals surface area contributed by atoms with Gasteiger partial charge in [-0.1, -0.05) is 197 Å². The molecule has 0 radical (unpaired) electrons. The number of rotatable bonds is 18. The maximum atomic E-state index is 13.8. The summed E-state index contributed by atoms with van der Waals surface area (Å²) in [6.07, 6.45) is -1.21. The summed E-state index contributed by atoms with van der Waals surface area (Å²) in [4.78, 5) is 13.8. The van der Waals surface area contributed by atoms with Gasteiger partial charge in [-0.3, -0.25) is 4.79 Å². The third kappa shape index (κ3) is 14.4. The summed E-state index contributed by atoms with van der Waals surface area (Å²) in [6.45, 7) is 32.6. The Labute approximate surface area is 413 Å². The molecule has 0 aromatic heterocycles. The highest BCUT2D eigenvalue weighted by Gasteiger charge is 2.54. The number of ether oxygens (including phenoxy) is 4. The molecule has 2 aliphatic carbocycles. The van der Waals surface area contributed by atoms with Gasteiger partial charge in [0, 0.05) is 5.92 Å². The molecule has 10 heteroatoms. The van der Waals surface area contributed by atoms with Crippen LogP contribution in [0.5, 0.6) is 0 Å². The smallest absolute Gasteiger partial charge is 0.193 e. The molecular formula is C58H86O8Si2. The van der Waals surface area contributed by atoms with Crippen LogP contribution < -0.4 is 0 Å². The zero-order valence-corrected chi connectivity index (χ0v) is 45.9. The first-order chi connectivity index (χ1) is 32.1. The fourth-order valence-corrected chi connectivity index (χ4v) is 11.7. The molecule has 0 spiro atoms. The number of carbonyl (C=O) groups excluding carboxylic acids is 1. The van der Waals surface area contributed by atoms with E-state index in [1.54, 1.807) is 0 Å². The van der Waals surface area contributed by atoms with E-state index < -0.39 is 41.1 Å². The summed E-state index contributed by atoms with van der Waals surface area (Å²) in [5.74, 6) is 0.335. The van der Waals surface area contributed by atoms with Crippen LogP contribution in [0.4, 0.5) is 0 Å². The van der Waals surface area contributed by atoms with Gasteiger partial charge in [-0.25, -0.2) is 0 Å². The average molecular weight is 967 g/mol. The van der Waals surface area contributed by atoms with E-state index in [1.807, 2.05) is 84.9 Å². The molecule has 2 saturated carbocycles. The molecule has 4 aromatic carbocycles. The summed E-state index contributed by atoms with van der Waals surface area (Å²) >= 11 is 0. The normalized spacial score (nSPS) is 27.0. The third-order valence-electron chi connectivity index (χ3n) is 15.6. The van der Waals surface area contributed by atoms with Gasteiger partial charge in [0.2, 0.25) is 0 Å². The van der Waals surface area contributed by atoms with Crippen molar-refractivity contribution >= 4 is 22.4 Å². The summed E-state index contributed by atoms with van der Waals surface area (Å²) in [6, 6.07) is 40.8. The van der Waals surface area contributed by atoms with E-state index in [0.717, 1.165) is 35.1 Å². The van der Waals surface area contributed by atoms with Crippen LogP contribution in [0.3, 0.4) is 0 Å². The van der Waals surface area contributed by atoms with Gasteiger partial charge in [-0.05, 0) is 82.7 Å². The number of benzene rings is 4. The second-order valence-electron chi connectivity index (χ2n) is 22.4. The summed E-state index contributed by atoms with van der Waals surface area (Å²) < 4.78 is 40.0. The van der Waals surface area contributed by atoms with Crippen molar-refractivity contribution < 1.29 is 37.7 Å². The number of Topliss-reactive ketones (excluding diaryl/α,β-unsaturated/α-hetero) is 1. The number of aliphatic hydroxyl groups excluding tert-OH is 1. The number of hydrogen-bond acceptors (Lipinski definition) is 8. The van der Waals surface area contributed by atoms with Crippen LogP contribution in [0.25, 0.3) is 0 Å². The lowest BCUT2D eigenvalue weighted by atomic mass is 9.72. The number of aliphatic hydroxyl groups is 1. The van der Waals surface area contributed by atoms with E-state index in [-0.39, 0.29) is 57.8 Å². The minimum absolute atomic E-state index is 0.0115. The van der Waals surface area contributed by atoms with E-state index in [2.05, 4.69) is 132 Å². The van der Waals surface area contributed by atoms with Crippen LogP contribution in [0.2, 0.25) is 36.3 Å². The molecule has 1 N–H and O–H groups in total. The molecule has 8 nitrogen and oxygen atoms in total. The lowest BCUT2D eigenvalue weighted by Crippen LogP contribution is -2.63. The van der Waals surface area contributed by atoms with Crippen LogP contribution in [0.15, 0.2) is 121 Å². The average Bonchev–Trinajstić information content (AvgIpc) is 3.30. The quantitative estimate of drug-likeness (QED) is 0.0986. The minimum atomic E-state index is -2.22. The Balaban J connectivity index is 0.000000254. The molecule has 0 aliphatic heterocycles. The van der Waals surface area contributed by atoms with Gasteiger partial charge in [0.15, 0.2) is 22.4 Å². The molecule has 374 valence electrons. The molecule has 0 heterocycles. The van der Waals surface area contributed by atoms with Gasteiger partial charge < -0.3 is 32.9 Å². The topological polar surface area (TPSA) is 92.7 Å². The van der Waals surface area contributed by atoms with Crippen molar-refractivity contribution in [3.63, 3.8) is 0 Å². The van der Waals surface area contributed by atoms with Gasteiger partial charge in [0.05, 0.1) is 50.8 Å². The van der Waals surface area contributed by atoms with Crippen molar-refractivity contribution in [1.29, 1.82) is 0 Å². The van der Waals surface area contributed by atoms with E-state index in [9.17, 15) is 9.90 Å². The standard InChI is InChI=1S/C29H44O4Si.C29H42O4Si/c2*1-8-24-21(2)26(31-19-22-15-11-9-12-16-22)28(32-20-23-17-13-10-14-18-23)27(25(24)30)33-34(6,7)29(3,4)5/h9-18,21,24-28,30H,8,19-20H2,1-7H3;9-18,21,24,26-28H,8,19-20H2,1-7H3/t21-,24-,25+,26+,27-,28-;21-,24-,26+,27-,28-/m11/s1. The van der Waals surface area contributed by atoms with Crippen molar-refractivity contribution in [3.05, 3.63) is 144 Å². The zero-order valence-electron chi connectivity index (χ0n) is 43.9. The molecule has 68 heavy (non-hydrogen) atoms. The molecule has 11 atom stereocenters. The van der Waals surface area contributed by atoms with Crippen molar-refractivity contribution in [2.45, 2.75) is 187 Å². The number of carbonyl (C=O) groups is 1. The molecule has 0 unspecified atom stereocenters. The lowest BCUT2D eigenvalue weighted by molar-refractivity contribution is -0.214. The van der Waals surface area contributed by atoms with Gasteiger partial charge in [0.1, 0.15) is 18.3 Å². The summed E-state index contributed by atoms with van der Waals surface area (Å²) in [5, 5.41) is 11.6. The van der Waals surface area contributed by atoms with E-state index in [0.29, 0.717) is 26.4 Å². The third-order valence-corrected chi connectivity index (χ3v) is 24.5. The Hall–Kier alpha value is -3.30. The van der Waals surface area contributed by atoms with Crippen molar-refractivity contribution in [1.82, 2.24) is 0 Å². The van der Waals surface area contributed by atoms with Crippen molar-refractivity contribution in [3.8, 4) is 0 Å². The Morgan fingerprint density at radius 1 is 0.471 bits per heavy atom. The molecule has 2 fully saturated rings. The van der Waals surface area contributed by atoms with Crippen LogP contribution in [0, 0.1) is 23.7 Å². The highest BCUT2D eigenvalue weighted by Crippen LogP contribution is 2.45. The van der Waals surface area contributed by atoms with Gasteiger partial charge in [-0.2, -0.15) is 0 Å². The van der Waals surface area contributed by atoms with Crippen LogP contribution in [0.1, 0.15) is 104 Å². The number of hydrogen-bond donors (Lipinski definition) is 1. The van der Waals surface area contributed by atoms with Crippen LogP contribution >= 0.6 is 0 Å². The first-order valence-electron chi connectivity index (χ1n) is 25.3. The number of ketones is 1. The predicted molar refractivity (Wildman–Crippen MR) is 281 cm³/mol. The highest BCUT2D eigenvalue weighted by molar-refractivity contribution is 6.74. The van der Waals surface area contributed by atoms with E-state index in [4.69, 9.17) is 27.8 Å². The first-order valence-corrected chi connectivity index (χ1v) is 31.1. The molecule has 4 aromatic rings. The SMILES string of the molecule is CC[C@@H]1[C@@H](C)[C@H](OCc2ccccc2)[C@@H](OCc2ccccc2)[C@H](O[Si](C)(C)C(C)(C)C)[C@H]1O.CC[C@H]1C(=O)[C@@H](O[Si](C)(C)C(C)(C)C)[C@H](OCc2ccccc2)[C@@H](OCc2ccccc2)[C@@H]1C. The molecular weight excluding hydrogens is 881 g/mol. The summed E-state index contributed by atoms with van der Waals surface area (Å²) in [5.41, 5.74) is 4.43. The van der Waals surface area contributed by atoms with Crippen LogP contribution in [-0.4, -0.2) is 70.3 Å². The molecule has 6 rings (SSSR count). The molecule has 0 saturated heterocycles. The second-order valence-corrected chi connectivity index (χ2v) is 31.9. The van der Waals surface area contributed by atoms with E-state index in [1.165, 1.54) is 0 Å². The molecule has 0 bridgehead atoms. The maximum absolute atomic E-state index is 13.8. The largest absolute Gasteiger partial charge is 0.409 e. The van der Waals surface area contributed by atoms with E-state index >= 15 is 0 Å². The zero-order chi connectivity index (χ0) is 49.9. The fourth-order valence-electron chi connectivity index (χ4n) is 9.20. The Morgan fingerprint density at radius 2 is 0.809 bits per heavy atom. The Kier molecular flexibility index (Phi) is 20.2. The minimum Gasteiger partial charge on any atom is -0.409 e. The summed E-state index contributed by atoms with van der Waals surface area (Å²) in [7, 11) is -4.38. The predicted octanol–water partition coefficient (Wildman–Crippen LogP) is 13.4. The maximum Gasteiger partial charge on any atom is 0.193 e. The van der Waals surface area contributed by atoms with Crippen LogP contribution in [-0.2, 0) is 59.0 Å². The Morgan fingerprint density at radius 3 is 1.16 bits per heavy atom. The van der Waals surface area contributed by atoms with Gasteiger partial charge in [0.25, 0.3) is 0 Å². The Bertz CT molecular complexity index is 2070. The lowest BCUT2D eigenvalue weighted by Gasteiger charge is -2.51. The van der Waals surface area contributed by atoms with Crippen molar-refractivity contribution in [2.24, 2.45) is 23.7 Å². The first kappa shape index (κ1) is 55.6. The second kappa shape index (κ2) is 24.7. The monoisotopic (exact) mass is 967 g/mol.